The molecule has 2 N–H and O–H groups in total. The highest BCUT2D eigenvalue weighted by Crippen LogP contribution is 2.24. The van der Waals surface area contributed by atoms with Crippen molar-refractivity contribution in [3.05, 3.63) is 0 Å². The highest BCUT2D eigenvalue weighted by atomic mass is 16.3. The first-order chi connectivity index (χ1) is 5.36. The summed E-state index contributed by atoms with van der Waals surface area (Å²) >= 11 is 0. The maximum absolute atomic E-state index is 9.49. The van der Waals surface area contributed by atoms with Crippen molar-refractivity contribution in [2.45, 2.75) is 56.7 Å². The Labute approximate surface area is 68.0 Å². The molecular weight excluding hydrogens is 138 g/mol. The van der Waals surface area contributed by atoms with E-state index in [1.165, 1.54) is 32.1 Å². The standard InChI is InChI=1S/C9H17NO/c11-9-6-2-5-8(9)10-7-3-1-4-7/h7-11H,1-6H2/t8-,9+/m1/s1. The quantitative estimate of drug-likeness (QED) is 0.624. The van der Waals surface area contributed by atoms with Crippen LogP contribution in [0, 0.1) is 0 Å². The predicted octanol–water partition coefficient (Wildman–Crippen LogP) is 1.04. The molecule has 0 aromatic rings. The fraction of sp³-hybridized carbons (Fsp3) is 1.00. The van der Waals surface area contributed by atoms with Crippen LogP contribution in [0.2, 0.25) is 0 Å². The molecule has 0 bridgehead atoms. The molecule has 0 spiro atoms. The Morgan fingerprint density at radius 3 is 2.18 bits per heavy atom. The van der Waals surface area contributed by atoms with Gasteiger partial charge in [0.1, 0.15) is 0 Å². The third-order valence-corrected chi connectivity index (χ3v) is 3.03. The molecule has 0 radical (unpaired) electrons. The van der Waals surface area contributed by atoms with E-state index in [4.69, 9.17) is 0 Å². The fourth-order valence-corrected chi connectivity index (χ4v) is 2.01. The van der Waals surface area contributed by atoms with Gasteiger partial charge in [0.15, 0.2) is 0 Å². The molecule has 2 aliphatic carbocycles. The predicted molar refractivity (Wildman–Crippen MR) is 44.4 cm³/mol. The van der Waals surface area contributed by atoms with E-state index in [0.29, 0.717) is 6.04 Å². The van der Waals surface area contributed by atoms with Crippen LogP contribution in [0.1, 0.15) is 38.5 Å². The Morgan fingerprint density at radius 2 is 1.73 bits per heavy atom. The van der Waals surface area contributed by atoms with E-state index in [9.17, 15) is 5.11 Å². The summed E-state index contributed by atoms with van der Waals surface area (Å²) in [5.74, 6) is 0. The first-order valence-electron chi connectivity index (χ1n) is 4.80. The lowest BCUT2D eigenvalue weighted by atomic mass is 9.92. The van der Waals surface area contributed by atoms with Crippen LogP contribution < -0.4 is 5.32 Å². The van der Waals surface area contributed by atoms with Gasteiger partial charge < -0.3 is 10.4 Å². The van der Waals surface area contributed by atoms with E-state index in [1.54, 1.807) is 0 Å². The van der Waals surface area contributed by atoms with Crippen molar-refractivity contribution >= 4 is 0 Å². The normalized spacial score (nSPS) is 39.0. The van der Waals surface area contributed by atoms with Crippen LogP contribution >= 0.6 is 0 Å². The van der Waals surface area contributed by atoms with E-state index in [2.05, 4.69) is 5.32 Å². The largest absolute Gasteiger partial charge is 0.392 e. The second-order valence-corrected chi connectivity index (χ2v) is 3.90. The summed E-state index contributed by atoms with van der Waals surface area (Å²) in [5, 5.41) is 13.0. The molecule has 0 aromatic heterocycles. The maximum atomic E-state index is 9.49. The van der Waals surface area contributed by atoms with Gasteiger partial charge in [0, 0.05) is 12.1 Å². The van der Waals surface area contributed by atoms with Gasteiger partial charge in [-0.2, -0.15) is 0 Å². The minimum atomic E-state index is -0.0596. The number of aliphatic hydroxyl groups excluding tert-OH is 1. The minimum absolute atomic E-state index is 0.0596. The third kappa shape index (κ3) is 1.57. The molecule has 0 heterocycles. The molecule has 2 aliphatic rings. The molecule has 0 unspecified atom stereocenters. The Hall–Kier alpha value is -0.0800. The van der Waals surface area contributed by atoms with E-state index in [1.807, 2.05) is 0 Å². The van der Waals surface area contributed by atoms with Crippen molar-refractivity contribution in [2.24, 2.45) is 0 Å². The Morgan fingerprint density at radius 1 is 1.00 bits per heavy atom. The summed E-state index contributed by atoms with van der Waals surface area (Å²) in [6.07, 6.45) is 7.34. The summed E-state index contributed by atoms with van der Waals surface area (Å²) in [4.78, 5) is 0. The molecule has 2 nitrogen and oxygen atoms in total. The monoisotopic (exact) mass is 155 g/mol. The lowest BCUT2D eigenvalue weighted by Gasteiger charge is -2.31. The number of hydrogen-bond acceptors (Lipinski definition) is 2. The lowest BCUT2D eigenvalue weighted by molar-refractivity contribution is 0.133. The summed E-state index contributed by atoms with van der Waals surface area (Å²) in [5.41, 5.74) is 0. The molecule has 2 heteroatoms. The molecule has 0 amide bonds. The van der Waals surface area contributed by atoms with Crippen LogP contribution in [0.3, 0.4) is 0 Å². The second-order valence-electron chi connectivity index (χ2n) is 3.90. The van der Waals surface area contributed by atoms with Crippen LogP contribution in [0.25, 0.3) is 0 Å². The Kier molecular flexibility index (Phi) is 2.14. The maximum Gasteiger partial charge on any atom is 0.0693 e. The molecule has 2 atom stereocenters. The van der Waals surface area contributed by atoms with Crippen molar-refractivity contribution in [1.82, 2.24) is 5.32 Å². The van der Waals surface area contributed by atoms with Gasteiger partial charge in [0.05, 0.1) is 6.10 Å². The molecule has 0 saturated heterocycles. The van der Waals surface area contributed by atoms with E-state index in [0.717, 1.165) is 12.5 Å². The summed E-state index contributed by atoms with van der Waals surface area (Å²) < 4.78 is 0. The molecular formula is C9H17NO. The SMILES string of the molecule is O[C@H]1CCC[C@H]1NC1CCC1. The molecule has 64 valence electrons. The Balaban J connectivity index is 1.75. The summed E-state index contributed by atoms with van der Waals surface area (Å²) in [6, 6.07) is 1.15. The zero-order chi connectivity index (χ0) is 7.68. The number of nitrogens with one attached hydrogen (secondary N) is 1. The lowest BCUT2D eigenvalue weighted by Crippen LogP contribution is -2.45. The molecule has 0 aromatic carbocycles. The van der Waals surface area contributed by atoms with Gasteiger partial charge >= 0.3 is 0 Å². The van der Waals surface area contributed by atoms with Gasteiger partial charge in [-0.1, -0.05) is 6.42 Å². The first-order valence-corrected chi connectivity index (χ1v) is 4.80. The van der Waals surface area contributed by atoms with Crippen molar-refractivity contribution < 1.29 is 5.11 Å². The second kappa shape index (κ2) is 3.11. The fourth-order valence-electron chi connectivity index (χ4n) is 2.01. The van der Waals surface area contributed by atoms with Crippen molar-refractivity contribution in [2.75, 3.05) is 0 Å². The average molecular weight is 155 g/mol. The summed E-state index contributed by atoms with van der Waals surface area (Å²) in [6.45, 7) is 0. The summed E-state index contributed by atoms with van der Waals surface area (Å²) in [7, 11) is 0. The molecule has 0 aliphatic heterocycles. The number of rotatable bonds is 2. The highest BCUT2D eigenvalue weighted by molar-refractivity contribution is 4.88. The average Bonchev–Trinajstić information content (AvgIpc) is 2.27. The van der Waals surface area contributed by atoms with Crippen molar-refractivity contribution in [1.29, 1.82) is 0 Å². The van der Waals surface area contributed by atoms with Gasteiger partial charge in [-0.25, -0.2) is 0 Å². The molecule has 2 rings (SSSR count). The molecule has 11 heavy (non-hydrogen) atoms. The van der Waals surface area contributed by atoms with Crippen molar-refractivity contribution in [3.8, 4) is 0 Å². The van der Waals surface area contributed by atoms with Crippen LogP contribution in [-0.4, -0.2) is 23.3 Å². The van der Waals surface area contributed by atoms with Crippen LogP contribution in [0.15, 0.2) is 0 Å². The van der Waals surface area contributed by atoms with Crippen LogP contribution in [-0.2, 0) is 0 Å². The van der Waals surface area contributed by atoms with Gasteiger partial charge in [-0.05, 0) is 32.1 Å². The van der Waals surface area contributed by atoms with E-state index in [-0.39, 0.29) is 6.10 Å². The minimum Gasteiger partial charge on any atom is -0.392 e. The first kappa shape index (κ1) is 7.56. The van der Waals surface area contributed by atoms with E-state index >= 15 is 0 Å². The van der Waals surface area contributed by atoms with Gasteiger partial charge in [-0.15, -0.1) is 0 Å². The third-order valence-electron chi connectivity index (χ3n) is 3.03. The van der Waals surface area contributed by atoms with Crippen LogP contribution in [0.4, 0.5) is 0 Å². The van der Waals surface area contributed by atoms with E-state index < -0.39 is 0 Å². The van der Waals surface area contributed by atoms with Gasteiger partial charge in [0.25, 0.3) is 0 Å². The smallest absolute Gasteiger partial charge is 0.0693 e. The van der Waals surface area contributed by atoms with Crippen LogP contribution in [0.5, 0.6) is 0 Å². The number of hydrogen-bond donors (Lipinski definition) is 2. The van der Waals surface area contributed by atoms with Gasteiger partial charge in [0.2, 0.25) is 0 Å². The van der Waals surface area contributed by atoms with Crippen molar-refractivity contribution in [3.63, 3.8) is 0 Å². The highest BCUT2D eigenvalue weighted by Gasteiger charge is 2.28. The Bertz CT molecular complexity index is 134. The number of aliphatic hydroxyl groups is 1. The molecule has 2 saturated carbocycles. The molecule has 2 fully saturated rings. The zero-order valence-electron chi connectivity index (χ0n) is 6.92. The zero-order valence-corrected chi connectivity index (χ0v) is 6.92. The topological polar surface area (TPSA) is 32.3 Å². The van der Waals surface area contributed by atoms with Gasteiger partial charge in [-0.3, -0.25) is 0 Å².